The molecule has 9 heavy (non-hydrogen) atoms. The number of hydrogen-bond donors (Lipinski definition) is 1. The molecule has 0 aliphatic carbocycles. The quantitative estimate of drug-likeness (QED) is 0.564. The molecule has 1 heterocycles. The first kappa shape index (κ1) is 7.03. The summed E-state index contributed by atoms with van der Waals surface area (Å²) in [6, 6.07) is 0. The maximum absolute atomic E-state index is 9.13. The van der Waals surface area contributed by atoms with Crippen LogP contribution in [0.5, 0.6) is 0 Å². The van der Waals surface area contributed by atoms with Gasteiger partial charge in [-0.1, -0.05) is 6.92 Å². The molecular weight excluding hydrogens is 116 g/mol. The number of aliphatic hydroxyl groups is 1. The highest BCUT2D eigenvalue weighted by Gasteiger charge is 2.54. The van der Waals surface area contributed by atoms with Gasteiger partial charge in [-0.15, -0.1) is 0 Å². The lowest BCUT2D eigenvalue weighted by Crippen LogP contribution is -2.25. The smallest absolute Gasteiger partial charge is 0.117 e. The van der Waals surface area contributed by atoms with Gasteiger partial charge in [0.1, 0.15) is 5.60 Å². The van der Waals surface area contributed by atoms with Crippen molar-refractivity contribution >= 4 is 0 Å². The summed E-state index contributed by atoms with van der Waals surface area (Å²) < 4.78 is 5.27. The molecular formula is C7H14O2. The van der Waals surface area contributed by atoms with Gasteiger partial charge in [0.2, 0.25) is 0 Å². The van der Waals surface area contributed by atoms with E-state index in [4.69, 9.17) is 9.84 Å². The zero-order valence-electron chi connectivity index (χ0n) is 6.22. The molecule has 1 rings (SSSR count). The topological polar surface area (TPSA) is 32.8 Å². The number of ether oxygens (including phenoxy) is 1. The molecule has 0 spiro atoms. The van der Waals surface area contributed by atoms with E-state index in [1.54, 1.807) is 6.92 Å². The zero-order chi connectivity index (χ0) is 7.07. The molecule has 1 aliphatic heterocycles. The Bertz CT molecular complexity index is 111. The van der Waals surface area contributed by atoms with Crippen molar-refractivity contribution in [1.29, 1.82) is 0 Å². The van der Waals surface area contributed by atoms with Crippen LogP contribution in [0.4, 0.5) is 0 Å². The number of aliphatic hydroxyl groups excluding tert-OH is 1. The highest BCUT2D eigenvalue weighted by atomic mass is 16.6. The van der Waals surface area contributed by atoms with Crippen molar-refractivity contribution < 1.29 is 9.84 Å². The van der Waals surface area contributed by atoms with Gasteiger partial charge in [-0.2, -0.15) is 0 Å². The van der Waals surface area contributed by atoms with Crippen molar-refractivity contribution in [2.24, 2.45) is 0 Å². The summed E-state index contributed by atoms with van der Waals surface area (Å²) in [7, 11) is 0. The van der Waals surface area contributed by atoms with Crippen LogP contribution in [0.2, 0.25) is 0 Å². The van der Waals surface area contributed by atoms with Crippen molar-refractivity contribution in [2.75, 3.05) is 0 Å². The fourth-order valence-electron chi connectivity index (χ4n) is 1.13. The molecule has 0 aromatic carbocycles. The van der Waals surface area contributed by atoms with Crippen LogP contribution in [0.3, 0.4) is 0 Å². The van der Waals surface area contributed by atoms with E-state index in [9.17, 15) is 0 Å². The van der Waals surface area contributed by atoms with Gasteiger partial charge in [0.25, 0.3) is 0 Å². The SMILES string of the molecule is CC[C@@H]1O[C@@]1(C)[C@@H](C)O. The Morgan fingerprint density at radius 1 is 1.78 bits per heavy atom. The van der Waals surface area contributed by atoms with Crippen molar-refractivity contribution in [3.63, 3.8) is 0 Å². The van der Waals surface area contributed by atoms with Crippen molar-refractivity contribution in [2.45, 2.75) is 45.0 Å². The Kier molecular flexibility index (Phi) is 1.53. The lowest BCUT2D eigenvalue weighted by atomic mass is 10.0. The minimum atomic E-state index is -0.331. The average Bonchev–Trinajstić information content (AvgIpc) is 2.44. The molecule has 0 bridgehead atoms. The molecule has 1 aliphatic rings. The standard InChI is InChI=1S/C7H14O2/c1-4-6-7(3,9-6)5(2)8/h5-6,8H,4H2,1-3H3/t5-,6+,7+/m1/s1. The van der Waals surface area contributed by atoms with E-state index in [1.165, 1.54) is 0 Å². The van der Waals surface area contributed by atoms with Gasteiger partial charge in [-0.3, -0.25) is 0 Å². The third-order valence-corrected chi connectivity index (χ3v) is 2.18. The summed E-state index contributed by atoms with van der Waals surface area (Å²) in [6.07, 6.45) is 0.960. The summed E-state index contributed by atoms with van der Waals surface area (Å²) >= 11 is 0. The fraction of sp³-hybridized carbons (Fsp3) is 1.00. The first-order valence-electron chi connectivity index (χ1n) is 3.47. The number of rotatable bonds is 2. The lowest BCUT2D eigenvalue weighted by Gasteiger charge is -2.07. The van der Waals surface area contributed by atoms with Gasteiger partial charge in [0.15, 0.2) is 0 Å². The fourth-order valence-corrected chi connectivity index (χ4v) is 1.13. The van der Waals surface area contributed by atoms with Gasteiger partial charge >= 0.3 is 0 Å². The van der Waals surface area contributed by atoms with Crippen LogP contribution in [-0.4, -0.2) is 22.9 Å². The van der Waals surface area contributed by atoms with Crippen LogP contribution in [0.15, 0.2) is 0 Å². The van der Waals surface area contributed by atoms with E-state index < -0.39 is 0 Å². The third-order valence-electron chi connectivity index (χ3n) is 2.18. The summed E-state index contributed by atoms with van der Waals surface area (Å²) in [4.78, 5) is 0. The van der Waals surface area contributed by atoms with Gasteiger partial charge in [0.05, 0.1) is 12.2 Å². The monoisotopic (exact) mass is 130 g/mol. The third kappa shape index (κ3) is 0.970. The van der Waals surface area contributed by atoms with Crippen molar-refractivity contribution in [1.82, 2.24) is 0 Å². The maximum Gasteiger partial charge on any atom is 0.117 e. The minimum absolute atomic E-state index is 0.227. The molecule has 2 heteroatoms. The summed E-state index contributed by atoms with van der Waals surface area (Å²) in [5.74, 6) is 0. The normalized spacial score (nSPS) is 44.7. The molecule has 3 atom stereocenters. The zero-order valence-corrected chi connectivity index (χ0v) is 6.22. The largest absolute Gasteiger partial charge is 0.390 e. The van der Waals surface area contributed by atoms with Gasteiger partial charge in [-0.25, -0.2) is 0 Å². The number of hydrogen-bond acceptors (Lipinski definition) is 2. The highest BCUT2D eigenvalue weighted by molar-refractivity contribution is 5.01. The van der Waals surface area contributed by atoms with Crippen LogP contribution in [0.25, 0.3) is 0 Å². The second-order valence-electron chi connectivity index (χ2n) is 2.87. The highest BCUT2D eigenvalue weighted by Crippen LogP contribution is 2.40. The Balaban J connectivity index is 2.42. The van der Waals surface area contributed by atoms with Crippen LogP contribution < -0.4 is 0 Å². The molecule has 0 radical (unpaired) electrons. The van der Waals surface area contributed by atoms with E-state index >= 15 is 0 Å². The Morgan fingerprint density at radius 2 is 2.33 bits per heavy atom. The molecule has 1 fully saturated rings. The van der Waals surface area contributed by atoms with Crippen LogP contribution in [0, 0.1) is 0 Å². The summed E-state index contributed by atoms with van der Waals surface area (Å²) in [5.41, 5.74) is -0.227. The number of epoxide rings is 1. The molecule has 0 aromatic heterocycles. The molecule has 0 unspecified atom stereocenters. The Morgan fingerprint density at radius 3 is 2.44 bits per heavy atom. The predicted molar refractivity (Wildman–Crippen MR) is 35.2 cm³/mol. The van der Waals surface area contributed by atoms with Crippen LogP contribution in [0.1, 0.15) is 27.2 Å². The Hall–Kier alpha value is -0.0800. The molecule has 2 nitrogen and oxygen atoms in total. The predicted octanol–water partition coefficient (Wildman–Crippen LogP) is 0.935. The van der Waals surface area contributed by atoms with E-state index in [-0.39, 0.29) is 17.8 Å². The first-order valence-corrected chi connectivity index (χ1v) is 3.47. The van der Waals surface area contributed by atoms with E-state index in [2.05, 4.69) is 6.92 Å². The summed E-state index contributed by atoms with van der Waals surface area (Å²) in [5, 5.41) is 9.13. The van der Waals surface area contributed by atoms with E-state index in [1.807, 2.05) is 6.92 Å². The van der Waals surface area contributed by atoms with Crippen LogP contribution >= 0.6 is 0 Å². The van der Waals surface area contributed by atoms with Gasteiger partial charge in [0, 0.05) is 0 Å². The average molecular weight is 130 g/mol. The molecule has 1 N–H and O–H groups in total. The lowest BCUT2D eigenvalue weighted by molar-refractivity contribution is 0.101. The molecule has 0 amide bonds. The molecule has 0 aromatic rings. The molecule has 0 saturated carbocycles. The van der Waals surface area contributed by atoms with Crippen molar-refractivity contribution in [3.8, 4) is 0 Å². The van der Waals surface area contributed by atoms with Crippen LogP contribution in [-0.2, 0) is 4.74 Å². The first-order chi connectivity index (χ1) is 4.11. The summed E-state index contributed by atoms with van der Waals surface area (Å²) in [6.45, 7) is 5.79. The van der Waals surface area contributed by atoms with E-state index in [0.29, 0.717) is 0 Å². The Labute approximate surface area is 55.8 Å². The van der Waals surface area contributed by atoms with Gasteiger partial charge < -0.3 is 9.84 Å². The van der Waals surface area contributed by atoms with Crippen molar-refractivity contribution in [3.05, 3.63) is 0 Å². The van der Waals surface area contributed by atoms with E-state index in [0.717, 1.165) is 6.42 Å². The maximum atomic E-state index is 9.13. The second kappa shape index (κ2) is 1.96. The second-order valence-corrected chi connectivity index (χ2v) is 2.87. The molecule has 1 saturated heterocycles. The van der Waals surface area contributed by atoms with Gasteiger partial charge in [-0.05, 0) is 20.3 Å². The minimum Gasteiger partial charge on any atom is -0.390 e. The molecule has 54 valence electrons.